The molecular weight excluding hydrogens is 282 g/mol. The minimum atomic E-state index is -0.587. The lowest BCUT2D eigenvalue weighted by Gasteiger charge is -2.28. The molecule has 118 valence electrons. The van der Waals surface area contributed by atoms with Gasteiger partial charge in [-0.15, -0.1) is 0 Å². The van der Waals surface area contributed by atoms with Crippen molar-refractivity contribution in [1.82, 2.24) is 5.32 Å². The van der Waals surface area contributed by atoms with Crippen molar-refractivity contribution in [2.45, 2.75) is 26.8 Å². The molecule has 6 heteroatoms. The number of rotatable bonds is 7. The quantitative estimate of drug-likeness (QED) is 0.477. The van der Waals surface area contributed by atoms with Crippen LogP contribution in [0.2, 0.25) is 0 Å². The zero-order valence-corrected chi connectivity index (χ0v) is 13.0. The molecule has 1 rings (SSSR count). The second-order valence-electron chi connectivity index (χ2n) is 5.17. The molecule has 22 heavy (non-hydrogen) atoms. The minimum Gasteiger partial charge on any atom is -0.450 e. The van der Waals surface area contributed by atoms with E-state index in [2.05, 4.69) is 10.1 Å². The summed E-state index contributed by atoms with van der Waals surface area (Å²) in [6.07, 6.45) is 0.281. The zero-order valence-electron chi connectivity index (χ0n) is 13.0. The minimum absolute atomic E-state index is 0.0716. The van der Waals surface area contributed by atoms with Crippen LogP contribution in [-0.2, 0) is 9.53 Å². The standard InChI is InChI=1S/C16H21N3O3/c1-4-22-16(21)19-15(12-8-6-5-7-9-12)14(11(2)3)13(20)10-18-17/h5-11,14-15H,4H2,1-3H3,(H,19,21)/t14-,15+/m1/s1. The van der Waals surface area contributed by atoms with Crippen LogP contribution in [0.3, 0.4) is 0 Å². The number of hydrogen-bond acceptors (Lipinski definition) is 3. The van der Waals surface area contributed by atoms with E-state index in [9.17, 15) is 9.59 Å². The van der Waals surface area contributed by atoms with Gasteiger partial charge in [0, 0.05) is 0 Å². The van der Waals surface area contributed by atoms with Crippen molar-refractivity contribution >= 4 is 18.1 Å². The Morgan fingerprint density at radius 3 is 2.45 bits per heavy atom. The summed E-state index contributed by atoms with van der Waals surface area (Å²) in [6, 6.07) is 8.61. The van der Waals surface area contributed by atoms with Gasteiger partial charge in [-0.05, 0) is 18.4 Å². The van der Waals surface area contributed by atoms with Gasteiger partial charge in [0.05, 0.1) is 18.6 Å². The Morgan fingerprint density at radius 2 is 1.95 bits per heavy atom. The molecule has 0 aliphatic rings. The summed E-state index contributed by atoms with van der Waals surface area (Å²) >= 11 is 0. The van der Waals surface area contributed by atoms with Crippen molar-refractivity contribution < 1.29 is 19.1 Å². The first-order chi connectivity index (χ1) is 10.5. The van der Waals surface area contributed by atoms with Crippen LogP contribution >= 0.6 is 0 Å². The number of ketones is 1. The number of amides is 1. The molecule has 0 bridgehead atoms. The van der Waals surface area contributed by atoms with Crippen LogP contribution in [-0.4, -0.2) is 29.5 Å². The van der Waals surface area contributed by atoms with Gasteiger partial charge < -0.3 is 15.6 Å². The zero-order chi connectivity index (χ0) is 16.5. The fraction of sp³-hybridized carbons (Fsp3) is 0.438. The van der Waals surface area contributed by atoms with Gasteiger partial charge in [-0.25, -0.2) is 4.79 Å². The monoisotopic (exact) mass is 303 g/mol. The Morgan fingerprint density at radius 1 is 1.32 bits per heavy atom. The molecule has 0 saturated heterocycles. The highest BCUT2D eigenvalue weighted by Crippen LogP contribution is 2.28. The molecule has 1 aromatic rings. The Kier molecular flexibility index (Phi) is 6.99. The molecule has 0 fully saturated rings. The number of nitrogens with zero attached hydrogens (tertiary/aromatic N) is 2. The Bertz CT molecular complexity index is 551. The molecule has 2 atom stereocenters. The molecule has 0 saturated carbocycles. The topological polar surface area (TPSA) is 91.8 Å². The molecule has 0 heterocycles. The molecule has 6 nitrogen and oxygen atoms in total. The van der Waals surface area contributed by atoms with E-state index in [1.54, 1.807) is 6.92 Å². The SMILES string of the molecule is CCOC(=O)N[C@@H](c1ccccc1)[C@@H](C(=O)C=[N+]=[N-])C(C)C. The summed E-state index contributed by atoms with van der Waals surface area (Å²) in [6.45, 7) is 5.69. The second-order valence-corrected chi connectivity index (χ2v) is 5.17. The highest BCUT2D eigenvalue weighted by atomic mass is 16.5. The number of nitrogens with one attached hydrogen (secondary N) is 1. The number of alkyl carbamates (subject to hydrolysis) is 1. The van der Waals surface area contributed by atoms with Crippen LogP contribution in [0.4, 0.5) is 4.79 Å². The summed E-state index contributed by atoms with van der Waals surface area (Å²) in [5, 5.41) is 2.73. The van der Waals surface area contributed by atoms with E-state index in [0.29, 0.717) is 0 Å². The van der Waals surface area contributed by atoms with E-state index < -0.39 is 18.1 Å². The maximum Gasteiger partial charge on any atom is 0.407 e. The summed E-state index contributed by atoms with van der Waals surface area (Å²) < 4.78 is 4.92. The predicted molar refractivity (Wildman–Crippen MR) is 82.4 cm³/mol. The van der Waals surface area contributed by atoms with E-state index in [0.717, 1.165) is 11.8 Å². The average Bonchev–Trinajstić information content (AvgIpc) is 2.47. The third kappa shape index (κ3) is 4.82. The first kappa shape index (κ1) is 17.6. The van der Waals surface area contributed by atoms with Crippen LogP contribution in [0.5, 0.6) is 0 Å². The van der Waals surface area contributed by atoms with Crippen molar-refractivity contribution in [2.75, 3.05) is 6.61 Å². The van der Waals surface area contributed by atoms with E-state index in [4.69, 9.17) is 10.3 Å². The maximum absolute atomic E-state index is 12.2. The largest absolute Gasteiger partial charge is 0.450 e. The maximum atomic E-state index is 12.2. The number of carbonyl (C=O) groups excluding carboxylic acids is 2. The number of ether oxygens (including phenoxy) is 1. The van der Waals surface area contributed by atoms with E-state index >= 15 is 0 Å². The van der Waals surface area contributed by atoms with E-state index in [-0.39, 0.29) is 18.3 Å². The molecular formula is C16H21N3O3. The number of Topliss-reactive ketones (excluding diaryl/α,β-unsaturated/α-hetero) is 1. The van der Waals surface area contributed by atoms with Gasteiger partial charge in [0.15, 0.2) is 0 Å². The van der Waals surface area contributed by atoms with Crippen molar-refractivity contribution in [2.24, 2.45) is 11.8 Å². The fourth-order valence-electron chi connectivity index (χ4n) is 2.36. The molecule has 0 radical (unpaired) electrons. The lowest BCUT2D eigenvalue weighted by molar-refractivity contribution is -0.121. The van der Waals surface area contributed by atoms with Gasteiger partial charge in [-0.3, -0.25) is 4.79 Å². The van der Waals surface area contributed by atoms with Gasteiger partial charge in [-0.1, -0.05) is 44.2 Å². The van der Waals surface area contributed by atoms with Crippen molar-refractivity contribution in [3.8, 4) is 0 Å². The van der Waals surface area contributed by atoms with E-state index in [1.807, 2.05) is 44.2 Å². The Hall–Kier alpha value is -2.46. The third-order valence-corrected chi connectivity index (χ3v) is 3.30. The Labute approximate surface area is 130 Å². The highest BCUT2D eigenvalue weighted by molar-refractivity contribution is 6.26. The summed E-state index contributed by atoms with van der Waals surface area (Å²) in [5.74, 6) is -0.997. The highest BCUT2D eigenvalue weighted by Gasteiger charge is 2.34. The molecule has 0 aromatic heterocycles. The smallest absolute Gasteiger partial charge is 0.407 e. The first-order valence-electron chi connectivity index (χ1n) is 7.20. The van der Waals surface area contributed by atoms with Crippen LogP contribution in [0, 0.1) is 11.8 Å². The predicted octanol–water partition coefficient (Wildman–Crippen LogP) is 2.62. The second kappa shape index (κ2) is 8.74. The van der Waals surface area contributed by atoms with Gasteiger partial charge in [0.25, 0.3) is 0 Å². The summed E-state index contributed by atoms with van der Waals surface area (Å²) in [5.41, 5.74) is 9.41. The number of hydrogen-bond donors (Lipinski definition) is 1. The average molecular weight is 303 g/mol. The van der Waals surface area contributed by atoms with Crippen LogP contribution in [0.25, 0.3) is 5.53 Å². The lowest BCUT2D eigenvalue weighted by atomic mass is 9.81. The first-order valence-corrected chi connectivity index (χ1v) is 7.20. The van der Waals surface area contributed by atoms with Crippen molar-refractivity contribution in [3.63, 3.8) is 0 Å². The molecule has 0 aliphatic carbocycles. The van der Waals surface area contributed by atoms with Crippen LogP contribution in [0.15, 0.2) is 30.3 Å². The molecule has 0 aliphatic heterocycles. The van der Waals surface area contributed by atoms with Gasteiger partial charge in [0.1, 0.15) is 0 Å². The lowest BCUT2D eigenvalue weighted by Crippen LogP contribution is -2.40. The molecule has 1 N–H and O–H groups in total. The number of benzene rings is 1. The number of carbonyl (C=O) groups is 2. The third-order valence-electron chi connectivity index (χ3n) is 3.30. The van der Waals surface area contributed by atoms with Gasteiger partial charge in [-0.2, -0.15) is 4.79 Å². The summed E-state index contributed by atoms with van der Waals surface area (Å²) in [4.78, 5) is 26.9. The molecule has 0 spiro atoms. The van der Waals surface area contributed by atoms with Crippen molar-refractivity contribution in [1.29, 1.82) is 0 Å². The van der Waals surface area contributed by atoms with E-state index in [1.165, 1.54) is 0 Å². The Balaban J connectivity index is 3.18. The normalized spacial score (nSPS) is 12.9. The van der Waals surface area contributed by atoms with Crippen molar-refractivity contribution in [3.05, 3.63) is 41.4 Å². The van der Waals surface area contributed by atoms with Crippen LogP contribution in [0.1, 0.15) is 32.4 Å². The van der Waals surface area contributed by atoms with Crippen LogP contribution < -0.4 is 5.32 Å². The molecule has 0 unspecified atom stereocenters. The molecule has 1 amide bonds. The van der Waals surface area contributed by atoms with Gasteiger partial charge in [0.2, 0.25) is 5.78 Å². The van der Waals surface area contributed by atoms with Gasteiger partial charge >= 0.3 is 12.3 Å². The molecule has 1 aromatic carbocycles. The fourth-order valence-corrected chi connectivity index (χ4v) is 2.36. The summed E-state index contributed by atoms with van der Waals surface area (Å²) in [7, 11) is 0.